The Hall–Kier alpha value is -4.34. The van der Waals surface area contributed by atoms with Crippen molar-refractivity contribution in [1.82, 2.24) is 0 Å². The molecule has 5 aliphatic rings. The van der Waals surface area contributed by atoms with Gasteiger partial charge in [0.2, 0.25) is 0 Å². The Labute approximate surface area is 322 Å². The lowest BCUT2D eigenvalue weighted by Gasteiger charge is -2.46. The zero-order valence-corrected chi connectivity index (χ0v) is 32.8. The molecule has 1 fully saturated rings. The zero-order chi connectivity index (χ0) is 35.7. The van der Waals surface area contributed by atoms with Crippen LogP contribution in [0.1, 0.15) is 57.3 Å². The number of hydrogen-bond acceptors (Lipinski definition) is 0. The third-order valence-electron chi connectivity index (χ3n) is 14.4. The molecule has 0 N–H and O–H groups in total. The molecule has 2 bridgehead atoms. The van der Waals surface area contributed by atoms with Crippen molar-refractivity contribution in [3.8, 4) is 0 Å². The van der Waals surface area contributed by atoms with Gasteiger partial charge in [0, 0.05) is 24.8 Å². The van der Waals surface area contributed by atoms with Crippen LogP contribution in [0.15, 0.2) is 181 Å². The second-order valence-corrected chi connectivity index (χ2v) is 24.7. The summed E-state index contributed by atoms with van der Waals surface area (Å²) in [4.78, 5) is 0. The molecule has 0 nitrogen and oxygen atoms in total. The van der Waals surface area contributed by atoms with E-state index in [1.165, 1.54) is 50.3 Å². The lowest BCUT2D eigenvalue weighted by molar-refractivity contribution is 0.499. The highest BCUT2D eigenvalue weighted by atomic mass is 31.2. The molecule has 4 atom stereocenters. The maximum Gasteiger partial charge on any atom is 0.127 e. The van der Waals surface area contributed by atoms with Crippen LogP contribution in [0.5, 0.6) is 0 Å². The average molecular weight is 735 g/mol. The second kappa shape index (κ2) is 12.9. The minimum atomic E-state index is -1.81. The van der Waals surface area contributed by atoms with Gasteiger partial charge in [0.25, 0.3) is 0 Å². The lowest BCUT2D eigenvalue weighted by Crippen LogP contribution is -2.43. The van der Waals surface area contributed by atoms with Crippen molar-refractivity contribution in [2.24, 2.45) is 5.92 Å². The van der Waals surface area contributed by atoms with E-state index >= 15 is 0 Å². The first-order valence-electron chi connectivity index (χ1n) is 20.2. The van der Waals surface area contributed by atoms with Gasteiger partial charge >= 0.3 is 0 Å². The van der Waals surface area contributed by atoms with Gasteiger partial charge < -0.3 is 0 Å². The highest BCUT2D eigenvalue weighted by molar-refractivity contribution is 7.84. The normalized spacial score (nSPS) is 24.9. The molecule has 264 valence electrons. The van der Waals surface area contributed by atoms with Crippen molar-refractivity contribution < 1.29 is 0 Å². The Bertz CT molecular complexity index is 2330. The van der Waals surface area contributed by atoms with E-state index in [1.807, 2.05) is 10.9 Å². The number of hydrogen-bond donors (Lipinski definition) is 0. The maximum absolute atomic E-state index is 2.98. The minimum Gasteiger partial charge on any atom is -0.0622 e. The minimum absolute atomic E-state index is 0.141. The number of aryl methyl sites for hydroxylation is 2. The van der Waals surface area contributed by atoms with Gasteiger partial charge in [0.05, 0.1) is 43.1 Å². The SMILES string of the molecule is C1=C2c3ccccc3CC[C@]23[C@@H]2C4=C(CCc5ccccc54)[P+](Cc4ccccc4)(Cc4ccccc4)[C@@H]2[C@H]1[P+]3(Cc1ccccc1)Cc1ccccc1. The summed E-state index contributed by atoms with van der Waals surface area (Å²) in [7, 11) is -3.61. The first-order chi connectivity index (χ1) is 26.7. The van der Waals surface area contributed by atoms with Crippen molar-refractivity contribution in [3.63, 3.8) is 0 Å². The highest BCUT2D eigenvalue weighted by Crippen LogP contribution is 3.00. The van der Waals surface area contributed by atoms with E-state index in [0.29, 0.717) is 17.2 Å². The predicted octanol–water partition coefficient (Wildman–Crippen LogP) is 13.3. The molecular weight excluding hydrogens is 687 g/mol. The zero-order valence-electron chi connectivity index (χ0n) is 31.0. The Morgan fingerprint density at radius 3 is 1.48 bits per heavy atom. The Morgan fingerprint density at radius 2 is 0.926 bits per heavy atom. The fraction of sp³-hybridized carbons (Fsp3) is 0.231. The van der Waals surface area contributed by atoms with Crippen LogP contribution >= 0.6 is 14.5 Å². The van der Waals surface area contributed by atoms with Crippen LogP contribution in [-0.4, -0.2) is 16.5 Å². The Kier molecular flexibility index (Phi) is 7.88. The van der Waals surface area contributed by atoms with E-state index in [1.54, 1.807) is 50.1 Å². The van der Waals surface area contributed by atoms with Crippen molar-refractivity contribution in [2.45, 2.75) is 66.8 Å². The Morgan fingerprint density at radius 1 is 0.463 bits per heavy atom. The third-order valence-corrected chi connectivity index (χ3v) is 25.6. The molecule has 0 saturated carbocycles. The number of allylic oxidation sites excluding steroid dienone is 4. The number of benzene rings is 6. The lowest BCUT2D eigenvalue weighted by atomic mass is 9.64. The quantitative estimate of drug-likeness (QED) is 0.137. The summed E-state index contributed by atoms with van der Waals surface area (Å²) < 4.78 is 0. The largest absolute Gasteiger partial charge is 0.127 e. The monoisotopic (exact) mass is 734 g/mol. The van der Waals surface area contributed by atoms with Gasteiger partial charge in [-0.15, -0.1) is 0 Å². The molecule has 0 radical (unpaired) electrons. The fourth-order valence-corrected chi connectivity index (χ4v) is 26.8. The Balaban J connectivity index is 1.24. The molecule has 2 heteroatoms. The van der Waals surface area contributed by atoms with Crippen LogP contribution in [-0.2, 0) is 37.5 Å². The molecular formula is C52H48P2+2. The molecule has 1 spiro atoms. The molecule has 54 heavy (non-hydrogen) atoms. The molecule has 0 aromatic heterocycles. The third kappa shape index (κ3) is 4.76. The molecule has 3 heterocycles. The van der Waals surface area contributed by atoms with Gasteiger partial charge in [0.15, 0.2) is 0 Å². The van der Waals surface area contributed by atoms with E-state index in [-0.39, 0.29) is 5.16 Å². The van der Waals surface area contributed by atoms with Crippen molar-refractivity contribution >= 4 is 25.7 Å². The van der Waals surface area contributed by atoms with Gasteiger partial charge in [-0.3, -0.25) is 0 Å². The standard InChI is InChI=1S/C52H48P2/c1-5-17-38(18-6-1)34-53(35-39-19-7-2-8-20-39)47-30-29-42-25-14-16-28-45(42)49(47)50-51(53)48-33-46-44-27-15-13-26-43(44)31-32-52(46,50)54(48,36-40-21-9-3-10-22-40)37-41-23-11-4-12-24-41/h1-28,33,48,50-51H,29-32,34-37H2/q+2/t48-,50+,51+,52+/m0/s1. The van der Waals surface area contributed by atoms with E-state index < -0.39 is 14.5 Å². The molecule has 3 aliphatic heterocycles. The fourth-order valence-electron chi connectivity index (χ4n) is 12.6. The summed E-state index contributed by atoms with van der Waals surface area (Å²) in [6, 6.07) is 66.2. The molecule has 1 saturated heterocycles. The van der Waals surface area contributed by atoms with Gasteiger partial charge in [-0.05, 0) is 69.8 Å². The van der Waals surface area contributed by atoms with E-state index in [0.717, 1.165) is 0 Å². The van der Waals surface area contributed by atoms with Crippen molar-refractivity contribution in [1.29, 1.82) is 0 Å². The summed E-state index contributed by atoms with van der Waals surface area (Å²) in [6.45, 7) is 0. The van der Waals surface area contributed by atoms with Gasteiger partial charge in [-0.25, -0.2) is 0 Å². The second-order valence-electron chi connectivity index (χ2n) is 16.8. The summed E-state index contributed by atoms with van der Waals surface area (Å²) in [5.74, 6) is 0.550. The first-order valence-corrected chi connectivity index (χ1v) is 24.7. The van der Waals surface area contributed by atoms with Crippen LogP contribution in [0.4, 0.5) is 0 Å². The van der Waals surface area contributed by atoms with Crippen LogP contribution in [0.2, 0.25) is 0 Å². The van der Waals surface area contributed by atoms with Crippen LogP contribution in [0, 0.1) is 5.92 Å². The van der Waals surface area contributed by atoms with Gasteiger partial charge in [-0.1, -0.05) is 170 Å². The van der Waals surface area contributed by atoms with Crippen molar-refractivity contribution in [2.75, 3.05) is 0 Å². The van der Waals surface area contributed by atoms with Crippen LogP contribution in [0.25, 0.3) is 11.1 Å². The molecule has 0 unspecified atom stereocenters. The molecule has 2 aliphatic carbocycles. The maximum atomic E-state index is 2.98. The molecule has 6 aromatic carbocycles. The molecule has 11 rings (SSSR count). The number of rotatable bonds is 8. The molecule has 6 aromatic rings. The van der Waals surface area contributed by atoms with Gasteiger partial charge in [0.1, 0.15) is 16.5 Å². The average Bonchev–Trinajstić information content (AvgIpc) is 3.75. The first kappa shape index (κ1) is 33.0. The van der Waals surface area contributed by atoms with Gasteiger partial charge in [-0.2, -0.15) is 0 Å². The molecule has 0 amide bonds. The smallest absolute Gasteiger partial charge is 0.0622 e. The highest BCUT2D eigenvalue weighted by Gasteiger charge is 2.86. The van der Waals surface area contributed by atoms with Crippen molar-refractivity contribution in [3.05, 3.63) is 226 Å². The number of fused-ring (bicyclic) bond motifs is 8. The van der Waals surface area contributed by atoms with E-state index in [9.17, 15) is 0 Å². The topological polar surface area (TPSA) is 0 Å². The predicted molar refractivity (Wildman–Crippen MR) is 233 cm³/mol. The summed E-state index contributed by atoms with van der Waals surface area (Å²) >= 11 is 0. The summed E-state index contributed by atoms with van der Waals surface area (Å²) in [6.07, 6.45) is 12.7. The van der Waals surface area contributed by atoms with E-state index in [4.69, 9.17) is 0 Å². The summed E-state index contributed by atoms with van der Waals surface area (Å²) in [5.41, 5.74) is 17.3. The van der Waals surface area contributed by atoms with E-state index in [2.05, 4.69) is 176 Å². The summed E-state index contributed by atoms with van der Waals surface area (Å²) in [5, 5.41) is 2.06. The van der Waals surface area contributed by atoms with Crippen LogP contribution < -0.4 is 0 Å². The van der Waals surface area contributed by atoms with Crippen LogP contribution in [0.3, 0.4) is 0 Å².